The van der Waals surface area contributed by atoms with Crippen LogP contribution < -0.4 is 10.6 Å². The van der Waals surface area contributed by atoms with Crippen molar-refractivity contribution in [3.63, 3.8) is 0 Å². The molecule has 2 aliphatic rings. The Hall–Kier alpha value is -3.69. The Kier molecular flexibility index (Phi) is 6.63. The van der Waals surface area contributed by atoms with Gasteiger partial charge in [0.2, 0.25) is 0 Å². The van der Waals surface area contributed by atoms with Crippen molar-refractivity contribution >= 4 is 40.1 Å². The van der Waals surface area contributed by atoms with E-state index >= 15 is 0 Å². The number of hydrogen-bond acceptors (Lipinski definition) is 5. The molecule has 38 heavy (non-hydrogen) atoms. The predicted molar refractivity (Wildman–Crippen MR) is 148 cm³/mol. The third kappa shape index (κ3) is 4.56. The summed E-state index contributed by atoms with van der Waals surface area (Å²) in [6.45, 7) is 0. The van der Waals surface area contributed by atoms with E-state index in [0.717, 1.165) is 64.5 Å². The quantitative estimate of drug-likeness (QED) is 0.276. The van der Waals surface area contributed by atoms with E-state index in [0.29, 0.717) is 23.0 Å². The van der Waals surface area contributed by atoms with Gasteiger partial charge in [0, 0.05) is 17.2 Å². The van der Waals surface area contributed by atoms with Crippen LogP contribution in [0.1, 0.15) is 36.9 Å². The number of carbonyl (C=O) groups excluding carboxylic acids is 1. The second kappa shape index (κ2) is 10.2. The molecule has 2 atom stereocenters. The van der Waals surface area contributed by atoms with Crippen molar-refractivity contribution < 1.29 is 14.7 Å². The summed E-state index contributed by atoms with van der Waals surface area (Å²) in [4.78, 5) is 30.2. The van der Waals surface area contributed by atoms with Crippen molar-refractivity contribution in [1.29, 1.82) is 0 Å². The Balaban J connectivity index is 1.35. The zero-order chi connectivity index (χ0) is 26.2. The highest BCUT2D eigenvalue weighted by Crippen LogP contribution is 2.44. The smallest absolute Gasteiger partial charge is 0.321 e. The molecule has 0 aliphatic heterocycles. The van der Waals surface area contributed by atoms with Crippen LogP contribution in [0.5, 0.6) is 0 Å². The number of anilines is 1. The molecular formula is C28H26ClN5O3S. The fraction of sp³-hybridized carbons (Fsp3) is 0.286. The first-order valence-corrected chi connectivity index (χ1v) is 13.9. The first-order valence-electron chi connectivity index (χ1n) is 12.7. The van der Waals surface area contributed by atoms with Gasteiger partial charge in [-0.3, -0.25) is 10.1 Å². The number of hydrogen-bond donors (Lipinski definition) is 3. The lowest BCUT2D eigenvalue weighted by atomic mass is 9.84. The highest BCUT2D eigenvalue weighted by atomic mass is 35.5. The van der Waals surface area contributed by atoms with Gasteiger partial charge in [-0.25, -0.2) is 14.5 Å². The van der Waals surface area contributed by atoms with E-state index in [2.05, 4.69) is 22.8 Å². The predicted octanol–water partition coefficient (Wildman–Crippen LogP) is 6.18. The number of carbonyl (C=O) groups is 2. The van der Waals surface area contributed by atoms with E-state index in [1.54, 1.807) is 0 Å². The number of aryl methyl sites for hydroxylation is 1. The molecule has 2 aliphatic carbocycles. The normalized spacial score (nSPS) is 18.3. The number of carboxylic acids is 1. The maximum Gasteiger partial charge on any atom is 0.321 e. The van der Waals surface area contributed by atoms with E-state index in [4.69, 9.17) is 21.7 Å². The van der Waals surface area contributed by atoms with Crippen LogP contribution in [0.15, 0.2) is 54.6 Å². The highest BCUT2D eigenvalue weighted by Gasteiger charge is 2.33. The summed E-state index contributed by atoms with van der Waals surface area (Å²) < 4.78 is 1.89. The van der Waals surface area contributed by atoms with Crippen molar-refractivity contribution in [1.82, 2.24) is 20.1 Å². The molecule has 1 saturated carbocycles. The molecule has 10 heteroatoms. The van der Waals surface area contributed by atoms with Crippen LogP contribution >= 0.6 is 22.9 Å². The zero-order valence-electron chi connectivity index (χ0n) is 20.5. The molecule has 0 unspecified atom stereocenters. The Morgan fingerprint density at radius 2 is 1.79 bits per heavy atom. The molecule has 4 aromatic rings. The maximum absolute atomic E-state index is 12.8. The van der Waals surface area contributed by atoms with Gasteiger partial charge in [0.05, 0.1) is 38.6 Å². The molecule has 0 saturated heterocycles. The number of urea groups is 1. The summed E-state index contributed by atoms with van der Waals surface area (Å²) in [6, 6.07) is 16.9. The summed E-state index contributed by atoms with van der Waals surface area (Å²) in [5, 5.41) is 21.3. The van der Waals surface area contributed by atoms with Crippen molar-refractivity contribution in [2.24, 2.45) is 5.92 Å². The topological polar surface area (TPSA) is 109 Å². The summed E-state index contributed by atoms with van der Waals surface area (Å²) in [5.41, 5.74) is 5.66. The number of rotatable bonds is 5. The largest absolute Gasteiger partial charge is 0.481 e. The first kappa shape index (κ1) is 24.6. The van der Waals surface area contributed by atoms with E-state index in [1.165, 1.54) is 11.3 Å². The second-order valence-corrected chi connectivity index (χ2v) is 11.0. The lowest BCUT2D eigenvalue weighted by Crippen LogP contribution is -2.46. The van der Waals surface area contributed by atoms with Crippen molar-refractivity contribution in [2.75, 3.05) is 5.32 Å². The number of fused-ring (bicyclic) bond motifs is 3. The van der Waals surface area contributed by atoms with Gasteiger partial charge < -0.3 is 10.4 Å². The zero-order valence-corrected chi connectivity index (χ0v) is 22.1. The Morgan fingerprint density at radius 3 is 2.58 bits per heavy atom. The number of carboxylic acid groups (broad SMARTS) is 1. The average molecular weight is 548 g/mol. The van der Waals surface area contributed by atoms with Crippen LogP contribution in [0.4, 0.5) is 9.93 Å². The lowest BCUT2D eigenvalue weighted by Gasteiger charge is -2.29. The van der Waals surface area contributed by atoms with Gasteiger partial charge in [-0.05, 0) is 37.8 Å². The molecule has 0 bridgehead atoms. The number of benzene rings is 2. The SMILES string of the molecule is O=C(Nc1nc2c(s1)-c1c(c(-c3ccccc3)nn1-c1ccccc1Cl)CC2)N[C@@H]1CCCC[C@H]1C(=O)O. The van der Waals surface area contributed by atoms with Gasteiger partial charge in [-0.15, -0.1) is 0 Å². The van der Waals surface area contributed by atoms with Crippen molar-refractivity contribution in [2.45, 2.75) is 44.6 Å². The molecule has 2 aromatic heterocycles. The number of thiazole rings is 1. The van der Waals surface area contributed by atoms with Crippen LogP contribution in [0.25, 0.3) is 27.5 Å². The number of nitrogens with one attached hydrogen (secondary N) is 2. The number of para-hydroxylation sites is 1. The molecule has 8 nitrogen and oxygen atoms in total. The molecule has 194 valence electrons. The molecule has 2 aromatic carbocycles. The van der Waals surface area contributed by atoms with Crippen LogP contribution in [0.2, 0.25) is 5.02 Å². The minimum absolute atomic E-state index is 0.391. The molecule has 0 spiro atoms. The Labute approximate surface area is 228 Å². The average Bonchev–Trinajstić information content (AvgIpc) is 3.50. The van der Waals surface area contributed by atoms with Crippen molar-refractivity contribution in [3.8, 4) is 27.5 Å². The Morgan fingerprint density at radius 1 is 1.03 bits per heavy atom. The van der Waals surface area contributed by atoms with Gasteiger partial charge in [-0.2, -0.15) is 5.10 Å². The summed E-state index contributed by atoms with van der Waals surface area (Å²) in [7, 11) is 0. The molecule has 3 N–H and O–H groups in total. The molecule has 6 rings (SSSR count). The van der Waals surface area contributed by atoms with Gasteiger partial charge in [-0.1, -0.05) is 78.2 Å². The van der Waals surface area contributed by atoms with Crippen molar-refractivity contribution in [3.05, 3.63) is 70.9 Å². The number of nitrogens with zero attached hydrogens (tertiary/aromatic N) is 3. The van der Waals surface area contributed by atoms with E-state index in [-0.39, 0.29) is 0 Å². The standard InChI is InChI=1S/C28H26ClN5O3S/c29-19-11-5-7-13-22(19)34-24-18(23(33-34)16-8-2-1-3-9-16)14-15-21-25(24)38-28(31-21)32-27(37)30-20-12-6-4-10-17(20)26(35)36/h1-3,5,7-9,11,13,17,20H,4,6,10,12,14-15H2,(H,35,36)(H2,30,31,32,37)/t17-,20-/m1/s1. The van der Waals surface area contributed by atoms with Gasteiger partial charge >= 0.3 is 12.0 Å². The Bertz CT molecular complexity index is 1520. The van der Waals surface area contributed by atoms with Gasteiger partial charge in [0.15, 0.2) is 5.13 Å². The monoisotopic (exact) mass is 547 g/mol. The number of amides is 2. The van der Waals surface area contributed by atoms with Crippen LogP contribution in [0, 0.1) is 5.92 Å². The summed E-state index contributed by atoms with van der Waals surface area (Å²) >= 11 is 8.00. The maximum atomic E-state index is 12.8. The second-order valence-electron chi connectivity index (χ2n) is 9.63. The minimum Gasteiger partial charge on any atom is -0.481 e. The summed E-state index contributed by atoms with van der Waals surface area (Å²) in [5.74, 6) is -1.43. The number of halogens is 1. The fourth-order valence-electron chi connectivity index (χ4n) is 5.45. The molecule has 2 heterocycles. The number of aromatic nitrogens is 3. The third-order valence-corrected chi connectivity index (χ3v) is 8.60. The van der Waals surface area contributed by atoms with Crippen LogP contribution in [-0.2, 0) is 17.6 Å². The van der Waals surface area contributed by atoms with E-state index in [1.807, 2.05) is 47.1 Å². The molecule has 1 fully saturated rings. The lowest BCUT2D eigenvalue weighted by molar-refractivity contribution is -0.143. The minimum atomic E-state index is -0.866. The summed E-state index contributed by atoms with van der Waals surface area (Å²) in [6.07, 6.45) is 4.47. The molecule has 2 amide bonds. The van der Waals surface area contributed by atoms with E-state index < -0.39 is 24.0 Å². The molecule has 0 radical (unpaired) electrons. The van der Waals surface area contributed by atoms with Crippen LogP contribution in [-0.4, -0.2) is 37.9 Å². The number of aliphatic carboxylic acids is 1. The van der Waals surface area contributed by atoms with Crippen LogP contribution in [0.3, 0.4) is 0 Å². The van der Waals surface area contributed by atoms with E-state index in [9.17, 15) is 14.7 Å². The van der Waals surface area contributed by atoms with Gasteiger partial charge in [0.25, 0.3) is 0 Å². The fourth-order valence-corrected chi connectivity index (χ4v) is 6.73. The molecular weight excluding hydrogens is 522 g/mol. The first-order chi connectivity index (χ1) is 18.5. The highest BCUT2D eigenvalue weighted by molar-refractivity contribution is 7.19. The third-order valence-electron chi connectivity index (χ3n) is 7.26. The van der Waals surface area contributed by atoms with Gasteiger partial charge in [0.1, 0.15) is 0 Å².